The summed E-state index contributed by atoms with van der Waals surface area (Å²) in [5.74, 6) is 2.01. The van der Waals surface area contributed by atoms with Crippen LogP contribution in [-0.4, -0.2) is 24.1 Å². The Balaban J connectivity index is 3.37. The largest absolute Gasteiger partial charge is 0.373 e. The molecule has 0 fully saturated rings. The summed E-state index contributed by atoms with van der Waals surface area (Å²) in [6.45, 7) is 10.3. The number of hydrogen-bond acceptors (Lipinski definition) is 4. The maximum atomic E-state index is 5.43. The summed E-state index contributed by atoms with van der Waals surface area (Å²) < 4.78 is 5.43. The minimum absolute atomic E-state index is 0.400. The van der Waals surface area contributed by atoms with Gasteiger partial charge in [0, 0.05) is 25.4 Å². The third-order valence-corrected chi connectivity index (χ3v) is 3.00. The molecule has 1 rings (SSSR count). The molecule has 96 valence electrons. The molecule has 17 heavy (non-hydrogen) atoms. The topological polar surface area (TPSA) is 47.0 Å². The molecule has 0 aliphatic carbocycles. The summed E-state index contributed by atoms with van der Waals surface area (Å²) in [4.78, 5) is 9.14. The number of aryl methyl sites for hydroxylation is 1. The van der Waals surface area contributed by atoms with Crippen molar-refractivity contribution in [2.24, 2.45) is 0 Å². The molecule has 4 heteroatoms. The highest BCUT2D eigenvalue weighted by Gasteiger charge is 2.25. The minimum atomic E-state index is -0.466. The van der Waals surface area contributed by atoms with E-state index in [-0.39, 0.29) is 0 Å². The van der Waals surface area contributed by atoms with Crippen LogP contribution in [0.5, 0.6) is 0 Å². The Morgan fingerprint density at radius 2 is 1.82 bits per heavy atom. The average molecular weight is 237 g/mol. The molecular formula is C13H23N3O. The SMILES string of the molecule is CNc1nc(C(C)(C)OC)nc(C)c1C(C)C. The molecule has 1 N–H and O–H groups in total. The van der Waals surface area contributed by atoms with Crippen LogP contribution in [-0.2, 0) is 10.3 Å². The van der Waals surface area contributed by atoms with Gasteiger partial charge in [-0.1, -0.05) is 13.8 Å². The van der Waals surface area contributed by atoms with Gasteiger partial charge >= 0.3 is 0 Å². The summed E-state index contributed by atoms with van der Waals surface area (Å²) in [6.07, 6.45) is 0. The molecule has 0 aliphatic heterocycles. The maximum absolute atomic E-state index is 5.43. The molecule has 0 radical (unpaired) electrons. The van der Waals surface area contributed by atoms with Gasteiger partial charge in [-0.3, -0.25) is 0 Å². The molecule has 1 aromatic rings. The monoisotopic (exact) mass is 237 g/mol. The van der Waals surface area contributed by atoms with Crippen molar-refractivity contribution in [3.8, 4) is 0 Å². The number of methoxy groups -OCH3 is 1. The van der Waals surface area contributed by atoms with Gasteiger partial charge < -0.3 is 10.1 Å². The molecule has 0 saturated carbocycles. The minimum Gasteiger partial charge on any atom is -0.373 e. The first-order valence-electron chi connectivity index (χ1n) is 5.95. The molecule has 4 nitrogen and oxygen atoms in total. The predicted octanol–water partition coefficient (Wildman–Crippen LogP) is 2.83. The number of nitrogens with zero attached hydrogens (tertiary/aromatic N) is 2. The van der Waals surface area contributed by atoms with E-state index in [4.69, 9.17) is 4.74 Å². The fourth-order valence-electron chi connectivity index (χ4n) is 1.82. The molecule has 0 amide bonds. The lowest BCUT2D eigenvalue weighted by Crippen LogP contribution is -2.24. The zero-order chi connectivity index (χ0) is 13.2. The Labute approximate surface area is 104 Å². The number of aromatic nitrogens is 2. The molecule has 1 heterocycles. The zero-order valence-electron chi connectivity index (χ0n) is 11.9. The maximum Gasteiger partial charge on any atom is 0.162 e. The van der Waals surface area contributed by atoms with E-state index in [0.717, 1.165) is 11.5 Å². The van der Waals surface area contributed by atoms with Gasteiger partial charge in [0.1, 0.15) is 11.4 Å². The van der Waals surface area contributed by atoms with E-state index in [9.17, 15) is 0 Å². The number of ether oxygens (including phenoxy) is 1. The van der Waals surface area contributed by atoms with Crippen LogP contribution < -0.4 is 5.32 Å². The first kappa shape index (κ1) is 13.9. The highest BCUT2D eigenvalue weighted by molar-refractivity contribution is 5.48. The van der Waals surface area contributed by atoms with E-state index < -0.39 is 5.60 Å². The number of rotatable bonds is 4. The van der Waals surface area contributed by atoms with E-state index >= 15 is 0 Å². The fourth-order valence-corrected chi connectivity index (χ4v) is 1.82. The number of anilines is 1. The molecule has 0 aromatic carbocycles. The highest BCUT2D eigenvalue weighted by atomic mass is 16.5. The molecule has 0 atom stereocenters. The van der Waals surface area contributed by atoms with Crippen molar-refractivity contribution >= 4 is 5.82 Å². The van der Waals surface area contributed by atoms with Crippen molar-refractivity contribution in [2.75, 3.05) is 19.5 Å². The molecule has 1 aromatic heterocycles. The first-order valence-corrected chi connectivity index (χ1v) is 5.95. The van der Waals surface area contributed by atoms with E-state index in [1.165, 1.54) is 5.56 Å². The smallest absolute Gasteiger partial charge is 0.162 e. The van der Waals surface area contributed by atoms with Crippen LogP contribution in [0.25, 0.3) is 0 Å². The van der Waals surface area contributed by atoms with Gasteiger partial charge in [-0.2, -0.15) is 0 Å². The summed E-state index contributed by atoms with van der Waals surface area (Å²) in [5, 5.41) is 3.15. The standard InChI is InChI=1S/C13H23N3O/c1-8(2)10-9(3)15-12(13(4,5)17-7)16-11(10)14-6/h8H,1-7H3,(H,14,15,16). The van der Waals surface area contributed by atoms with Gasteiger partial charge in [-0.25, -0.2) is 9.97 Å². The Morgan fingerprint density at radius 1 is 1.24 bits per heavy atom. The average Bonchev–Trinajstić information content (AvgIpc) is 2.27. The summed E-state index contributed by atoms with van der Waals surface area (Å²) in [6, 6.07) is 0. The second-order valence-corrected chi connectivity index (χ2v) is 5.01. The molecule has 0 bridgehead atoms. The van der Waals surface area contributed by atoms with E-state index in [1.807, 2.05) is 27.8 Å². The zero-order valence-corrected chi connectivity index (χ0v) is 11.9. The van der Waals surface area contributed by atoms with Gasteiger partial charge in [0.25, 0.3) is 0 Å². The quantitative estimate of drug-likeness (QED) is 0.874. The Morgan fingerprint density at radius 3 is 2.24 bits per heavy atom. The lowest BCUT2D eigenvalue weighted by molar-refractivity contribution is 0.0114. The van der Waals surface area contributed by atoms with Gasteiger partial charge in [-0.05, 0) is 26.7 Å². The van der Waals surface area contributed by atoms with Gasteiger partial charge in [0.2, 0.25) is 0 Å². The van der Waals surface area contributed by atoms with Crippen LogP contribution in [0.3, 0.4) is 0 Å². The fraction of sp³-hybridized carbons (Fsp3) is 0.692. The number of hydrogen-bond donors (Lipinski definition) is 1. The van der Waals surface area contributed by atoms with E-state index in [0.29, 0.717) is 11.7 Å². The Kier molecular flexibility index (Phi) is 4.09. The second kappa shape index (κ2) is 5.00. The Bertz CT molecular complexity index is 400. The summed E-state index contributed by atoms with van der Waals surface area (Å²) in [7, 11) is 3.56. The summed E-state index contributed by atoms with van der Waals surface area (Å²) >= 11 is 0. The van der Waals surface area contributed by atoms with Crippen LogP contribution in [0.2, 0.25) is 0 Å². The van der Waals surface area contributed by atoms with Gasteiger partial charge in [0.15, 0.2) is 5.82 Å². The van der Waals surface area contributed by atoms with E-state index in [1.54, 1.807) is 7.11 Å². The third kappa shape index (κ3) is 2.75. The van der Waals surface area contributed by atoms with Crippen molar-refractivity contribution in [3.63, 3.8) is 0 Å². The predicted molar refractivity (Wildman–Crippen MR) is 70.4 cm³/mol. The van der Waals surface area contributed by atoms with Crippen LogP contribution in [0, 0.1) is 6.92 Å². The molecule has 0 spiro atoms. The number of nitrogens with one attached hydrogen (secondary N) is 1. The lowest BCUT2D eigenvalue weighted by atomic mass is 10.0. The van der Waals surface area contributed by atoms with Crippen LogP contribution >= 0.6 is 0 Å². The van der Waals surface area contributed by atoms with Gasteiger partial charge in [-0.15, -0.1) is 0 Å². The van der Waals surface area contributed by atoms with Crippen molar-refractivity contribution in [1.82, 2.24) is 9.97 Å². The van der Waals surface area contributed by atoms with Gasteiger partial charge in [0.05, 0.1) is 0 Å². The van der Waals surface area contributed by atoms with Crippen LogP contribution in [0.1, 0.15) is 50.7 Å². The van der Waals surface area contributed by atoms with Crippen molar-refractivity contribution in [1.29, 1.82) is 0 Å². The second-order valence-electron chi connectivity index (χ2n) is 5.01. The summed E-state index contributed by atoms with van der Waals surface area (Å²) in [5.41, 5.74) is 1.72. The lowest BCUT2D eigenvalue weighted by Gasteiger charge is -2.24. The van der Waals surface area contributed by atoms with Crippen molar-refractivity contribution in [3.05, 3.63) is 17.1 Å². The van der Waals surface area contributed by atoms with E-state index in [2.05, 4.69) is 29.1 Å². The van der Waals surface area contributed by atoms with Crippen molar-refractivity contribution in [2.45, 2.75) is 46.1 Å². The molecular weight excluding hydrogens is 214 g/mol. The highest BCUT2D eigenvalue weighted by Crippen LogP contribution is 2.28. The van der Waals surface area contributed by atoms with Crippen LogP contribution in [0.4, 0.5) is 5.82 Å². The molecule has 0 unspecified atom stereocenters. The Hall–Kier alpha value is -1.16. The van der Waals surface area contributed by atoms with Crippen molar-refractivity contribution < 1.29 is 4.74 Å². The third-order valence-electron chi connectivity index (χ3n) is 3.00. The molecule has 0 aliphatic rings. The molecule has 0 saturated heterocycles. The van der Waals surface area contributed by atoms with Crippen LogP contribution in [0.15, 0.2) is 0 Å². The first-order chi connectivity index (χ1) is 7.83. The normalized spacial score (nSPS) is 12.0.